The Kier molecular flexibility index (Phi) is 4.03. The summed E-state index contributed by atoms with van der Waals surface area (Å²) in [7, 11) is 0. The Labute approximate surface area is 132 Å². The van der Waals surface area contributed by atoms with Gasteiger partial charge in [0.2, 0.25) is 0 Å². The van der Waals surface area contributed by atoms with Crippen LogP contribution in [0.25, 0.3) is 0 Å². The number of aryl methyl sites for hydroxylation is 1. The van der Waals surface area contributed by atoms with Gasteiger partial charge in [-0.15, -0.1) is 12.4 Å². The third-order valence-electron chi connectivity index (χ3n) is 5.30. The third kappa shape index (κ3) is 2.48. The topological polar surface area (TPSA) is 30.7 Å². The highest BCUT2D eigenvalue weighted by molar-refractivity contribution is 5.85. The first-order valence-corrected chi connectivity index (χ1v) is 7.77. The third-order valence-corrected chi connectivity index (χ3v) is 5.30. The lowest BCUT2D eigenvalue weighted by Gasteiger charge is -2.38. The van der Waals surface area contributed by atoms with E-state index in [0.29, 0.717) is 12.0 Å². The molecule has 0 aliphatic heterocycles. The molecule has 1 aromatic heterocycles. The monoisotopic (exact) mass is 303 g/mol. The summed E-state index contributed by atoms with van der Waals surface area (Å²) >= 11 is 0. The average Bonchev–Trinajstić information content (AvgIpc) is 3.01. The van der Waals surface area contributed by atoms with E-state index in [2.05, 4.69) is 35.2 Å². The van der Waals surface area contributed by atoms with Crippen molar-refractivity contribution in [3.63, 3.8) is 0 Å². The van der Waals surface area contributed by atoms with E-state index in [1.807, 2.05) is 11.0 Å². The summed E-state index contributed by atoms with van der Waals surface area (Å²) in [6, 6.07) is 7.37. The second-order valence-electron chi connectivity index (χ2n) is 6.40. The second-order valence-corrected chi connectivity index (χ2v) is 6.40. The summed E-state index contributed by atoms with van der Waals surface area (Å²) in [5, 5.41) is 4.34. The van der Waals surface area contributed by atoms with Crippen LogP contribution >= 0.6 is 12.4 Å². The molecule has 0 bridgehead atoms. The maximum absolute atomic E-state index is 4.34. The first-order valence-electron chi connectivity index (χ1n) is 7.77. The Morgan fingerprint density at radius 1 is 1.29 bits per heavy atom. The number of halogens is 1. The van der Waals surface area contributed by atoms with Crippen LogP contribution in [0.2, 0.25) is 0 Å². The van der Waals surface area contributed by atoms with Crippen LogP contribution in [0, 0.1) is 5.92 Å². The molecule has 2 aromatic rings. The molecule has 3 unspecified atom stereocenters. The summed E-state index contributed by atoms with van der Waals surface area (Å²) in [4.78, 5) is 4.10. The van der Waals surface area contributed by atoms with Crippen LogP contribution in [-0.4, -0.2) is 14.8 Å². The van der Waals surface area contributed by atoms with Crippen molar-refractivity contribution in [2.75, 3.05) is 0 Å². The molecule has 21 heavy (non-hydrogen) atoms. The van der Waals surface area contributed by atoms with Gasteiger partial charge in [-0.05, 0) is 67.6 Å². The average molecular weight is 304 g/mol. The molecule has 0 fully saturated rings. The van der Waals surface area contributed by atoms with Crippen molar-refractivity contribution in [3.05, 3.63) is 47.5 Å². The Hall–Kier alpha value is -1.35. The fourth-order valence-electron chi connectivity index (χ4n) is 4.25. The van der Waals surface area contributed by atoms with Crippen molar-refractivity contribution in [1.29, 1.82) is 0 Å². The minimum atomic E-state index is 0. The van der Waals surface area contributed by atoms with Crippen molar-refractivity contribution in [1.82, 2.24) is 14.8 Å². The lowest BCUT2D eigenvalue weighted by atomic mass is 9.68. The van der Waals surface area contributed by atoms with Crippen molar-refractivity contribution >= 4 is 12.4 Å². The smallest absolute Gasteiger partial charge is 0.137 e. The summed E-state index contributed by atoms with van der Waals surface area (Å²) in [5.74, 6) is 1.46. The van der Waals surface area contributed by atoms with Crippen LogP contribution in [0.3, 0.4) is 0 Å². The molecule has 2 aliphatic carbocycles. The molecule has 1 heterocycles. The van der Waals surface area contributed by atoms with E-state index in [0.717, 1.165) is 5.92 Å². The number of rotatable bonds is 2. The van der Waals surface area contributed by atoms with Crippen LogP contribution in [0.4, 0.5) is 0 Å². The number of benzene rings is 1. The standard InChI is InChI=1S/C17H21N3.ClH/c1-12(20-11-18-10-19-20)16-8-14-6-2-4-13-5-3-7-15(9-16)17(13)14;/h2,4,6,10-12,15-16H,3,5,7-9H2,1H3;1H. The van der Waals surface area contributed by atoms with Gasteiger partial charge >= 0.3 is 0 Å². The van der Waals surface area contributed by atoms with Crippen LogP contribution in [0.15, 0.2) is 30.9 Å². The highest BCUT2D eigenvalue weighted by Crippen LogP contribution is 2.45. The molecule has 0 saturated heterocycles. The fraction of sp³-hybridized carbons (Fsp3) is 0.529. The fourth-order valence-corrected chi connectivity index (χ4v) is 4.25. The van der Waals surface area contributed by atoms with Gasteiger partial charge in [0, 0.05) is 0 Å². The molecular weight excluding hydrogens is 282 g/mol. The molecule has 0 amide bonds. The van der Waals surface area contributed by atoms with Crippen molar-refractivity contribution in [3.8, 4) is 0 Å². The lowest BCUT2D eigenvalue weighted by molar-refractivity contribution is 0.264. The molecule has 4 heteroatoms. The molecule has 0 spiro atoms. The van der Waals surface area contributed by atoms with E-state index >= 15 is 0 Å². The van der Waals surface area contributed by atoms with Gasteiger partial charge in [-0.1, -0.05) is 18.2 Å². The Morgan fingerprint density at radius 3 is 2.95 bits per heavy atom. The molecule has 4 rings (SSSR count). The van der Waals surface area contributed by atoms with Crippen LogP contribution < -0.4 is 0 Å². The minimum Gasteiger partial charge on any atom is -0.250 e. The summed E-state index contributed by atoms with van der Waals surface area (Å²) in [5.41, 5.74) is 4.90. The largest absolute Gasteiger partial charge is 0.250 e. The molecule has 3 nitrogen and oxygen atoms in total. The van der Waals surface area contributed by atoms with Gasteiger partial charge in [0.05, 0.1) is 6.04 Å². The van der Waals surface area contributed by atoms with E-state index in [9.17, 15) is 0 Å². The Morgan fingerprint density at radius 2 is 2.14 bits per heavy atom. The van der Waals surface area contributed by atoms with Crippen molar-refractivity contribution < 1.29 is 0 Å². The highest BCUT2D eigenvalue weighted by atomic mass is 35.5. The number of hydrogen-bond donors (Lipinski definition) is 0. The zero-order chi connectivity index (χ0) is 13.5. The molecule has 0 N–H and O–H groups in total. The quantitative estimate of drug-likeness (QED) is 0.841. The van der Waals surface area contributed by atoms with Crippen molar-refractivity contribution in [2.45, 2.75) is 51.0 Å². The lowest BCUT2D eigenvalue weighted by Crippen LogP contribution is -2.28. The molecule has 112 valence electrons. The maximum atomic E-state index is 4.34. The predicted octanol–water partition coefficient (Wildman–Crippen LogP) is 3.94. The molecule has 3 atom stereocenters. The van der Waals surface area contributed by atoms with Gasteiger partial charge in [0.25, 0.3) is 0 Å². The van der Waals surface area contributed by atoms with E-state index in [4.69, 9.17) is 0 Å². The summed E-state index contributed by atoms with van der Waals surface area (Å²) in [6.07, 6.45) is 10.0. The van der Waals surface area contributed by atoms with E-state index in [-0.39, 0.29) is 12.4 Å². The van der Waals surface area contributed by atoms with Gasteiger partial charge in [-0.2, -0.15) is 5.10 Å². The Bertz CT molecular complexity index is 609. The van der Waals surface area contributed by atoms with Crippen LogP contribution in [0.1, 0.15) is 54.8 Å². The molecular formula is C17H22ClN3. The maximum Gasteiger partial charge on any atom is 0.137 e. The number of hydrogen-bond acceptors (Lipinski definition) is 2. The van der Waals surface area contributed by atoms with Gasteiger partial charge < -0.3 is 0 Å². The van der Waals surface area contributed by atoms with Gasteiger partial charge in [0.1, 0.15) is 12.7 Å². The zero-order valence-corrected chi connectivity index (χ0v) is 13.2. The van der Waals surface area contributed by atoms with E-state index in [1.165, 1.54) is 32.1 Å². The number of aromatic nitrogens is 3. The van der Waals surface area contributed by atoms with Crippen LogP contribution in [0.5, 0.6) is 0 Å². The first-order chi connectivity index (χ1) is 9.83. The highest BCUT2D eigenvalue weighted by Gasteiger charge is 2.33. The second kappa shape index (κ2) is 5.80. The van der Waals surface area contributed by atoms with Gasteiger partial charge in [-0.25, -0.2) is 9.67 Å². The van der Waals surface area contributed by atoms with Gasteiger partial charge in [-0.3, -0.25) is 0 Å². The Balaban J connectivity index is 0.00000132. The molecule has 2 aliphatic rings. The van der Waals surface area contributed by atoms with Gasteiger partial charge in [0.15, 0.2) is 0 Å². The van der Waals surface area contributed by atoms with Crippen molar-refractivity contribution in [2.24, 2.45) is 5.92 Å². The minimum absolute atomic E-state index is 0. The zero-order valence-electron chi connectivity index (χ0n) is 12.4. The predicted molar refractivity (Wildman–Crippen MR) is 85.9 cm³/mol. The molecule has 0 radical (unpaired) electrons. The summed E-state index contributed by atoms with van der Waals surface area (Å²) < 4.78 is 2.03. The van der Waals surface area contributed by atoms with E-state index < -0.39 is 0 Å². The van der Waals surface area contributed by atoms with Crippen LogP contribution in [-0.2, 0) is 12.8 Å². The van der Waals surface area contributed by atoms with E-state index in [1.54, 1.807) is 23.0 Å². The normalized spacial score (nSPS) is 24.8. The summed E-state index contributed by atoms with van der Waals surface area (Å²) in [6.45, 7) is 2.29. The molecule has 0 saturated carbocycles. The first kappa shape index (κ1) is 14.6. The molecule has 1 aromatic carbocycles. The SMILES string of the molecule is CC(C1Cc2cccc3c2C(CCC3)C1)n1cncn1.Cl. The number of nitrogens with zero attached hydrogens (tertiary/aromatic N) is 3.